The maximum atomic E-state index is 11.2. The number of amidine groups is 1. The minimum Gasteiger partial charge on any atom is -0.385 e. The second-order valence-corrected chi connectivity index (χ2v) is 3.09. The molecule has 0 spiro atoms. The molecule has 2 heterocycles. The van der Waals surface area contributed by atoms with Crippen LogP contribution in [0.2, 0.25) is 0 Å². The second kappa shape index (κ2) is 2.79. The fraction of sp³-hybridized carbons (Fsp3) is 0.429. The van der Waals surface area contributed by atoms with Gasteiger partial charge in [-0.3, -0.25) is 0 Å². The Morgan fingerprint density at radius 2 is 2.21 bits per heavy atom. The topological polar surface area (TPSA) is 89.4 Å². The van der Waals surface area contributed by atoms with E-state index in [1.165, 1.54) is 9.70 Å². The highest BCUT2D eigenvalue weighted by Crippen LogP contribution is 2.22. The van der Waals surface area contributed by atoms with Crippen molar-refractivity contribution in [2.45, 2.75) is 6.04 Å². The normalized spacial score (nSPS) is 21.6. The summed E-state index contributed by atoms with van der Waals surface area (Å²) in [6.45, 7) is 0. The van der Waals surface area contributed by atoms with Crippen LogP contribution in [0.5, 0.6) is 0 Å². The highest BCUT2D eigenvalue weighted by Gasteiger charge is 2.33. The lowest BCUT2D eigenvalue weighted by molar-refractivity contribution is 0.218. The molecule has 7 nitrogen and oxygen atoms in total. The smallest absolute Gasteiger partial charge is 0.345 e. The summed E-state index contributed by atoms with van der Waals surface area (Å²) in [5, 5.41) is 7.99. The van der Waals surface area contributed by atoms with Gasteiger partial charge in [0.05, 0.1) is 6.20 Å². The third-order valence-electron chi connectivity index (χ3n) is 2.09. The number of likely N-dealkylation sites (N-methyl/N-ethyl adjacent to an activating group) is 1. The molecule has 0 saturated carbocycles. The van der Waals surface area contributed by atoms with Crippen LogP contribution in [0.3, 0.4) is 0 Å². The molecule has 0 aromatic carbocycles. The first kappa shape index (κ1) is 8.67. The van der Waals surface area contributed by atoms with Crippen molar-refractivity contribution in [3.05, 3.63) is 11.9 Å². The van der Waals surface area contributed by atoms with Gasteiger partial charge in [0.15, 0.2) is 0 Å². The molecule has 0 aliphatic carbocycles. The molecule has 0 fully saturated rings. The van der Waals surface area contributed by atoms with Gasteiger partial charge < -0.3 is 10.6 Å². The first-order chi connectivity index (χ1) is 6.59. The van der Waals surface area contributed by atoms with E-state index in [9.17, 15) is 4.79 Å². The van der Waals surface area contributed by atoms with E-state index in [0.717, 1.165) is 0 Å². The van der Waals surface area contributed by atoms with Crippen molar-refractivity contribution in [1.82, 2.24) is 19.9 Å². The van der Waals surface area contributed by atoms with Crippen LogP contribution in [0.1, 0.15) is 11.7 Å². The Balaban J connectivity index is 2.36. The number of aliphatic imine (C=N–C) groups is 1. The number of rotatable bonds is 1. The largest absolute Gasteiger partial charge is 0.385 e. The molecule has 74 valence electrons. The number of urea groups is 1. The molecular formula is C7H10N6O. The molecule has 0 radical (unpaired) electrons. The van der Waals surface area contributed by atoms with Gasteiger partial charge in [0, 0.05) is 14.1 Å². The fourth-order valence-corrected chi connectivity index (χ4v) is 1.40. The van der Waals surface area contributed by atoms with Gasteiger partial charge in [0.25, 0.3) is 0 Å². The first-order valence-electron chi connectivity index (χ1n) is 4.06. The Hall–Kier alpha value is -1.92. The third kappa shape index (κ3) is 1.13. The zero-order chi connectivity index (χ0) is 10.3. The number of nitrogens with two attached hydrogens (primary N) is 1. The summed E-state index contributed by atoms with van der Waals surface area (Å²) in [7, 11) is 3.33. The van der Waals surface area contributed by atoms with E-state index in [2.05, 4.69) is 15.2 Å². The van der Waals surface area contributed by atoms with Crippen LogP contribution in [-0.4, -0.2) is 38.8 Å². The van der Waals surface area contributed by atoms with Crippen molar-refractivity contribution in [2.75, 3.05) is 7.05 Å². The Kier molecular flexibility index (Phi) is 1.73. The van der Waals surface area contributed by atoms with Gasteiger partial charge in [0.2, 0.25) is 0 Å². The lowest BCUT2D eigenvalue weighted by Gasteiger charge is -2.16. The van der Waals surface area contributed by atoms with Crippen molar-refractivity contribution < 1.29 is 4.79 Å². The minimum atomic E-state index is -0.379. The standard InChI is InChI=1S/C7H10N6O/c1-12-5(6(8)10-7(12)14)4-3-9-13(2)11-4/h3,5H,1-2H3,(H2,8,10,14). The summed E-state index contributed by atoms with van der Waals surface area (Å²) in [6.07, 6.45) is 1.57. The maximum Gasteiger partial charge on any atom is 0.345 e. The monoisotopic (exact) mass is 194 g/mol. The Morgan fingerprint density at radius 1 is 1.50 bits per heavy atom. The van der Waals surface area contributed by atoms with Crippen LogP contribution in [0.25, 0.3) is 0 Å². The summed E-state index contributed by atoms with van der Waals surface area (Å²) >= 11 is 0. The molecule has 1 aliphatic rings. The van der Waals surface area contributed by atoms with Gasteiger partial charge in [0.1, 0.15) is 17.6 Å². The lowest BCUT2D eigenvalue weighted by atomic mass is 10.2. The highest BCUT2D eigenvalue weighted by atomic mass is 16.2. The van der Waals surface area contributed by atoms with E-state index in [1.54, 1.807) is 20.3 Å². The Morgan fingerprint density at radius 3 is 2.64 bits per heavy atom. The van der Waals surface area contributed by atoms with Gasteiger partial charge in [-0.25, -0.2) is 4.79 Å². The molecule has 1 aromatic rings. The van der Waals surface area contributed by atoms with Crippen molar-refractivity contribution in [1.29, 1.82) is 0 Å². The molecular weight excluding hydrogens is 184 g/mol. The van der Waals surface area contributed by atoms with Gasteiger partial charge in [-0.2, -0.15) is 20.0 Å². The van der Waals surface area contributed by atoms with Crippen LogP contribution in [0, 0.1) is 0 Å². The van der Waals surface area contributed by atoms with E-state index in [0.29, 0.717) is 5.69 Å². The SMILES string of the molecule is CN1C(=O)N=C(N)C1c1cnn(C)n1. The van der Waals surface area contributed by atoms with E-state index in [1.807, 2.05) is 0 Å². The van der Waals surface area contributed by atoms with Crippen molar-refractivity contribution in [2.24, 2.45) is 17.8 Å². The van der Waals surface area contributed by atoms with Crippen molar-refractivity contribution >= 4 is 11.9 Å². The van der Waals surface area contributed by atoms with E-state index >= 15 is 0 Å². The zero-order valence-electron chi connectivity index (χ0n) is 7.88. The lowest BCUT2D eigenvalue weighted by Crippen LogP contribution is -2.30. The zero-order valence-corrected chi connectivity index (χ0v) is 7.88. The van der Waals surface area contributed by atoms with Gasteiger partial charge >= 0.3 is 6.03 Å². The number of carbonyl (C=O) groups is 1. The Bertz CT molecular complexity index is 408. The molecule has 1 aliphatic heterocycles. The van der Waals surface area contributed by atoms with Gasteiger partial charge in [-0.1, -0.05) is 0 Å². The number of nitrogens with zero attached hydrogens (tertiary/aromatic N) is 5. The second-order valence-electron chi connectivity index (χ2n) is 3.09. The molecule has 7 heteroatoms. The average Bonchev–Trinajstić information content (AvgIpc) is 2.60. The molecule has 2 amide bonds. The molecule has 2 N–H and O–H groups in total. The van der Waals surface area contributed by atoms with Gasteiger partial charge in [-0.05, 0) is 0 Å². The molecule has 1 atom stereocenters. The summed E-state index contributed by atoms with van der Waals surface area (Å²) in [6, 6.07) is -0.727. The maximum absolute atomic E-state index is 11.2. The highest BCUT2D eigenvalue weighted by molar-refractivity contribution is 6.02. The molecule has 14 heavy (non-hydrogen) atoms. The quantitative estimate of drug-likeness (QED) is 0.638. The number of amides is 2. The summed E-state index contributed by atoms with van der Waals surface area (Å²) in [4.78, 5) is 17.7. The van der Waals surface area contributed by atoms with Crippen LogP contribution < -0.4 is 5.73 Å². The van der Waals surface area contributed by atoms with E-state index < -0.39 is 0 Å². The number of carbonyl (C=O) groups excluding carboxylic acids is 1. The summed E-state index contributed by atoms with van der Waals surface area (Å²) in [5.41, 5.74) is 6.24. The Labute approximate surface area is 80.2 Å². The first-order valence-corrected chi connectivity index (χ1v) is 4.06. The number of aryl methyl sites for hydroxylation is 1. The summed E-state index contributed by atoms with van der Waals surface area (Å²) in [5.74, 6) is 0.262. The van der Waals surface area contributed by atoms with Crippen molar-refractivity contribution in [3.8, 4) is 0 Å². The number of aromatic nitrogens is 3. The minimum absolute atomic E-state index is 0.262. The summed E-state index contributed by atoms with van der Waals surface area (Å²) < 4.78 is 0. The molecule has 0 saturated heterocycles. The number of hydrogen-bond donors (Lipinski definition) is 1. The average molecular weight is 194 g/mol. The predicted octanol–water partition coefficient (Wildman–Crippen LogP) is -0.721. The predicted molar refractivity (Wildman–Crippen MR) is 48.5 cm³/mol. The molecule has 0 bridgehead atoms. The van der Waals surface area contributed by atoms with Crippen LogP contribution in [-0.2, 0) is 7.05 Å². The van der Waals surface area contributed by atoms with Crippen LogP contribution >= 0.6 is 0 Å². The number of hydrogen-bond acceptors (Lipinski definition) is 4. The van der Waals surface area contributed by atoms with Crippen molar-refractivity contribution in [3.63, 3.8) is 0 Å². The third-order valence-corrected chi connectivity index (χ3v) is 2.09. The molecule has 1 aromatic heterocycles. The molecule has 2 rings (SSSR count). The van der Waals surface area contributed by atoms with E-state index in [4.69, 9.17) is 5.73 Å². The van der Waals surface area contributed by atoms with Gasteiger partial charge in [-0.15, -0.1) is 0 Å². The van der Waals surface area contributed by atoms with E-state index in [-0.39, 0.29) is 17.9 Å². The van der Waals surface area contributed by atoms with Crippen LogP contribution in [0.4, 0.5) is 4.79 Å². The van der Waals surface area contributed by atoms with Crippen LogP contribution in [0.15, 0.2) is 11.2 Å². The fourth-order valence-electron chi connectivity index (χ4n) is 1.40. The molecule has 1 unspecified atom stereocenters.